The molecular formula is C19H19Cl2N3O2. The summed E-state index contributed by atoms with van der Waals surface area (Å²) in [7, 11) is 0. The van der Waals surface area contributed by atoms with Gasteiger partial charge in [0.15, 0.2) is 0 Å². The average Bonchev–Trinajstić information content (AvgIpc) is 2.65. The van der Waals surface area contributed by atoms with Gasteiger partial charge in [-0.25, -0.2) is 0 Å². The Morgan fingerprint density at radius 1 is 0.923 bits per heavy atom. The molecule has 1 heterocycles. The van der Waals surface area contributed by atoms with E-state index in [9.17, 15) is 9.59 Å². The molecule has 0 bridgehead atoms. The summed E-state index contributed by atoms with van der Waals surface area (Å²) in [6, 6.07) is 14.3. The smallest absolute Gasteiger partial charge is 0.253 e. The summed E-state index contributed by atoms with van der Waals surface area (Å²) in [5, 5.41) is 3.67. The highest BCUT2D eigenvalue weighted by molar-refractivity contribution is 6.42. The highest BCUT2D eigenvalue weighted by Crippen LogP contribution is 2.23. The van der Waals surface area contributed by atoms with Crippen molar-refractivity contribution in [3.8, 4) is 0 Å². The number of anilines is 1. The molecule has 2 aromatic rings. The Kier molecular flexibility index (Phi) is 6.14. The molecule has 2 amide bonds. The van der Waals surface area contributed by atoms with Crippen LogP contribution in [-0.4, -0.2) is 54.3 Å². The van der Waals surface area contributed by atoms with Crippen LogP contribution < -0.4 is 5.32 Å². The number of halogens is 2. The lowest BCUT2D eigenvalue weighted by atomic mass is 10.2. The first-order valence-electron chi connectivity index (χ1n) is 8.34. The van der Waals surface area contributed by atoms with Gasteiger partial charge in [0.2, 0.25) is 5.91 Å². The molecule has 1 N–H and O–H groups in total. The largest absolute Gasteiger partial charge is 0.336 e. The molecule has 0 radical (unpaired) electrons. The van der Waals surface area contributed by atoms with Gasteiger partial charge in [-0.05, 0) is 30.3 Å². The van der Waals surface area contributed by atoms with Gasteiger partial charge in [0.25, 0.3) is 5.91 Å². The maximum atomic E-state index is 12.6. The molecule has 26 heavy (non-hydrogen) atoms. The number of para-hydroxylation sites is 1. The Bertz CT molecular complexity index is 791. The van der Waals surface area contributed by atoms with Gasteiger partial charge in [0.1, 0.15) is 0 Å². The third kappa shape index (κ3) is 4.75. The molecule has 1 fully saturated rings. The summed E-state index contributed by atoms with van der Waals surface area (Å²) in [4.78, 5) is 28.5. The molecule has 0 atom stereocenters. The van der Waals surface area contributed by atoms with Crippen LogP contribution in [-0.2, 0) is 4.79 Å². The number of carbonyl (C=O) groups is 2. The summed E-state index contributed by atoms with van der Waals surface area (Å²) in [6.07, 6.45) is 0. The number of carbonyl (C=O) groups excluding carboxylic acids is 2. The van der Waals surface area contributed by atoms with Crippen LogP contribution in [0.25, 0.3) is 0 Å². The number of piperazine rings is 1. The quantitative estimate of drug-likeness (QED) is 0.868. The van der Waals surface area contributed by atoms with Crippen molar-refractivity contribution in [1.82, 2.24) is 9.80 Å². The van der Waals surface area contributed by atoms with Crippen LogP contribution in [0.3, 0.4) is 0 Å². The Morgan fingerprint density at radius 3 is 2.27 bits per heavy atom. The number of nitrogens with one attached hydrogen (secondary N) is 1. The molecule has 3 rings (SSSR count). The number of amides is 2. The van der Waals surface area contributed by atoms with Gasteiger partial charge in [0.05, 0.1) is 16.6 Å². The summed E-state index contributed by atoms with van der Waals surface area (Å²) in [6.45, 7) is 2.74. The molecule has 136 valence electrons. The fourth-order valence-electron chi connectivity index (χ4n) is 2.85. The number of nitrogens with zero attached hydrogens (tertiary/aromatic N) is 2. The summed E-state index contributed by atoms with van der Waals surface area (Å²) < 4.78 is 0. The second-order valence-electron chi connectivity index (χ2n) is 6.11. The lowest BCUT2D eigenvalue weighted by Gasteiger charge is -2.34. The Morgan fingerprint density at radius 2 is 1.62 bits per heavy atom. The van der Waals surface area contributed by atoms with Crippen molar-refractivity contribution in [3.05, 3.63) is 64.1 Å². The third-order valence-corrected chi connectivity index (χ3v) is 4.99. The van der Waals surface area contributed by atoms with Crippen molar-refractivity contribution >= 4 is 40.7 Å². The van der Waals surface area contributed by atoms with Crippen LogP contribution in [0.4, 0.5) is 5.69 Å². The Balaban J connectivity index is 1.50. The number of hydrogen-bond donors (Lipinski definition) is 1. The molecule has 1 saturated heterocycles. The predicted molar refractivity (Wildman–Crippen MR) is 104 cm³/mol. The fraction of sp³-hybridized carbons (Fsp3) is 0.263. The normalized spacial score (nSPS) is 14.9. The van der Waals surface area contributed by atoms with Crippen molar-refractivity contribution in [3.63, 3.8) is 0 Å². The first kappa shape index (κ1) is 18.7. The zero-order chi connectivity index (χ0) is 18.5. The van der Waals surface area contributed by atoms with E-state index in [2.05, 4.69) is 5.32 Å². The number of benzene rings is 2. The molecule has 0 aromatic heterocycles. The molecule has 0 saturated carbocycles. The van der Waals surface area contributed by atoms with Gasteiger partial charge in [-0.2, -0.15) is 0 Å². The zero-order valence-corrected chi connectivity index (χ0v) is 15.6. The highest BCUT2D eigenvalue weighted by atomic mass is 35.5. The maximum Gasteiger partial charge on any atom is 0.253 e. The number of rotatable bonds is 4. The average molecular weight is 392 g/mol. The first-order chi connectivity index (χ1) is 12.5. The minimum absolute atomic E-state index is 0.0551. The lowest BCUT2D eigenvalue weighted by Crippen LogP contribution is -2.50. The molecule has 5 nitrogen and oxygen atoms in total. The predicted octanol–water partition coefficient (Wildman–Crippen LogP) is 3.39. The standard InChI is InChI=1S/C19H19Cl2N3O2/c20-16-7-6-14(12-17(16)21)19(26)24-10-8-23(9-11-24)13-18(25)22-15-4-2-1-3-5-15/h1-7,12H,8-11,13H2,(H,22,25). The Labute approximate surface area is 162 Å². The number of hydrogen-bond acceptors (Lipinski definition) is 3. The van der Waals surface area contributed by atoms with Gasteiger partial charge in [-0.1, -0.05) is 41.4 Å². The molecular weight excluding hydrogens is 373 g/mol. The van der Waals surface area contributed by atoms with Gasteiger partial charge >= 0.3 is 0 Å². The van der Waals surface area contributed by atoms with Crippen LogP contribution >= 0.6 is 23.2 Å². The van der Waals surface area contributed by atoms with Crippen LogP contribution in [0.15, 0.2) is 48.5 Å². The van der Waals surface area contributed by atoms with Gasteiger partial charge in [-0.15, -0.1) is 0 Å². The van der Waals surface area contributed by atoms with Gasteiger partial charge in [-0.3, -0.25) is 14.5 Å². The maximum absolute atomic E-state index is 12.6. The molecule has 0 unspecified atom stereocenters. The van der Waals surface area contributed by atoms with Crippen molar-refractivity contribution in [1.29, 1.82) is 0 Å². The first-order valence-corrected chi connectivity index (χ1v) is 9.10. The lowest BCUT2D eigenvalue weighted by molar-refractivity contribution is -0.117. The van der Waals surface area contributed by atoms with Crippen molar-refractivity contribution in [2.75, 3.05) is 38.0 Å². The van der Waals surface area contributed by atoms with Crippen molar-refractivity contribution in [2.24, 2.45) is 0 Å². The van der Waals surface area contributed by atoms with E-state index in [0.29, 0.717) is 48.3 Å². The van der Waals surface area contributed by atoms with Crippen LogP contribution in [0.5, 0.6) is 0 Å². The van der Waals surface area contributed by atoms with E-state index in [-0.39, 0.29) is 11.8 Å². The minimum atomic E-state index is -0.0723. The second kappa shape index (κ2) is 8.54. The van der Waals surface area contributed by atoms with Crippen molar-refractivity contribution < 1.29 is 9.59 Å². The van der Waals surface area contributed by atoms with Crippen molar-refractivity contribution in [2.45, 2.75) is 0 Å². The van der Waals surface area contributed by atoms with Crippen LogP contribution in [0, 0.1) is 0 Å². The zero-order valence-electron chi connectivity index (χ0n) is 14.1. The SMILES string of the molecule is O=C(CN1CCN(C(=O)c2ccc(Cl)c(Cl)c2)CC1)Nc1ccccc1. The summed E-state index contributed by atoms with van der Waals surface area (Å²) in [5.74, 6) is -0.127. The fourth-order valence-corrected chi connectivity index (χ4v) is 3.14. The van der Waals surface area contributed by atoms with E-state index in [4.69, 9.17) is 23.2 Å². The third-order valence-electron chi connectivity index (χ3n) is 4.25. The van der Waals surface area contributed by atoms with E-state index in [1.165, 1.54) is 0 Å². The van der Waals surface area contributed by atoms with Gasteiger partial charge in [0, 0.05) is 37.4 Å². The monoisotopic (exact) mass is 391 g/mol. The molecule has 0 aliphatic carbocycles. The molecule has 1 aliphatic heterocycles. The highest BCUT2D eigenvalue weighted by Gasteiger charge is 2.23. The second-order valence-corrected chi connectivity index (χ2v) is 6.93. The van der Waals surface area contributed by atoms with E-state index in [1.54, 1.807) is 23.1 Å². The summed E-state index contributed by atoms with van der Waals surface area (Å²) >= 11 is 11.9. The minimum Gasteiger partial charge on any atom is -0.336 e. The van der Waals surface area contributed by atoms with E-state index in [1.807, 2.05) is 35.2 Å². The molecule has 2 aromatic carbocycles. The van der Waals surface area contributed by atoms with Crippen LogP contribution in [0.2, 0.25) is 10.0 Å². The van der Waals surface area contributed by atoms with Crippen LogP contribution in [0.1, 0.15) is 10.4 Å². The van der Waals surface area contributed by atoms with E-state index >= 15 is 0 Å². The van der Waals surface area contributed by atoms with Gasteiger partial charge < -0.3 is 10.2 Å². The molecule has 1 aliphatic rings. The summed E-state index contributed by atoms with van der Waals surface area (Å²) in [5.41, 5.74) is 1.31. The molecule has 0 spiro atoms. The topological polar surface area (TPSA) is 52.7 Å². The molecule has 7 heteroatoms. The van der Waals surface area contributed by atoms with E-state index < -0.39 is 0 Å². The Hall–Kier alpha value is -2.08. The van der Waals surface area contributed by atoms with E-state index in [0.717, 1.165) is 5.69 Å².